The van der Waals surface area contributed by atoms with Crippen molar-refractivity contribution in [3.05, 3.63) is 22.4 Å². The van der Waals surface area contributed by atoms with Crippen molar-refractivity contribution in [2.45, 2.75) is 45.7 Å². The third-order valence-corrected chi connectivity index (χ3v) is 5.70. The molecular formula is C18H30N4OS. The summed E-state index contributed by atoms with van der Waals surface area (Å²) in [7, 11) is 3.52. The molecule has 2 N–H and O–H groups in total. The van der Waals surface area contributed by atoms with Crippen LogP contribution in [0.4, 0.5) is 0 Å². The van der Waals surface area contributed by atoms with Gasteiger partial charge in [-0.25, -0.2) is 4.99 Å². The van der Waals surface area contributed by atoms with Gasteiger partial charge in [0, 0.05) is 25.0 Å². The van der Waals surface area contributed by atoms with Crippen LogP contribution in [-0.4, -0.2) is 43.4 Å². The lowest BCUT2D eigenvalue weighted by atomic mass is 9.79. The molecule has 5 nitrogen and oxygen atoms in total. The summed E-state index contributed by atoms with van der Waals surface area (Å²) in [6.45, 7) is 5.56. The fourth-order valence-electron chi connectivity index (χ4n) is 2.90. The Hall–Kier alpha value is -1.56. The lowest BCUT2D eigenvalue weighted by molar-refractivity contribution is -0.127. The molecule has 3 atom stereocenters. The summed E-state index contributed by atoms with van der Waals surface area (Å²) in [4.78, 5) is 19.2. The Labute approximate surface area is 149 Å². The van der Waals surface area contributed by atoms with E-state index in [2.05, 4.69) is 40.9 Å². The number of aliphatic imine (C=N–C) groups is 1. The van der Waals surface area contributed by atoms with Gasteiger partial charge in [-0.3, -0.25) is 4.79 Å². The van der Waals surface area contributed by atoms with E-state index in [0.29, 0.717) is 6.04 Å². The van der Waals surface area contributed by atoms with Gasteiger partial charge in [0.05, 0.1) is 6.54 Å². The molecule has 1 aromatic heterocycles. The molecule has 0 aliphatic heterocycles. The van der Waals surface area contributed by atoms with Crippen LogP contribution in [-0.2, 0) is 11.3 Å². The number of nitrogens with one attached hydrogen (secondary N) is 2. The van der Waals surface area contributed by atoms with Crippen molar-refractivity contribution in [1.82, 2.24) is 15.5 Å². The van der Waals surface area contributed by atoms with Crippen LogP contribution in [0.15, 0.2) is 22.5 Å². The molecule has 3 unspecified atom stereocenters. The molecule has 134 valence electrons. The second-order valence-electron chi connectivity index (χ2n) is 6.99. The molecule has 0 bridgehead atoms. The number of rotatable bonds is 5. The van der Waals surface area contributed by atoms with Gasteiger partial charge in [-0.2, -0.15) is 0 Å². The Morgan fingerprint density at radius 2 is 2.12 bits per heavy atom. The van der Waals surface area contributed by atoms with Crippen molar-refractivity contribution in [2.75, 3.05) is 20.6 Å². The number of hydrogen-bond donors (Lipinski definition) is 2. The van der Waals surface area contributed by atoms with Gasteiger partial charge < -0.3 is 15.5 Å². The first-order chi connectivity index (χ1) is 11.5. The minimum atomic E-state index is 0.0119. The van der Waals surface area contributed by atoms with Gasteiger partial charge in [-0.1, -0.05) is 19.9 Å². The van der Waals surface area contributed by atoms with Crippen molar-refractivity contribution in [1.29, 1.82) is 0 Å². The normalized spacial score (nSPS) is 24.5. The van der Waals surface area contributed by atoms with E-state index in [4.69, 9.17) is 0 Å². The summed E-state index contributed by atoms with van der Waals surface area (Å²) in [5, 5.41) is 8.98. The first-order valence-corrected chi connectivity index (χ1v) is 9.61. The quantitative estimate of drug-likeness (QED) is 0.634. The van der Waals surface area contributed by atoms with Crippen LogP contribution in [0.5, 0.6) is 0 Å². The fourth-order valence-corrected chi connectivity index (χ4v) is 3.54. The first-order valence-electron chi connectivity index (χ1n) is 8.73. The number of nitrogens with zero attached hydrogens (tertiary/aromatic N) is 2. The molecule has 24 heavy (non-hydrogen) atoms. The Morgan fingerprint density at radius 1 is 1.33 bits per heavy atom. The minimum absolute atomic E-state index is 0.0119. The summed E-state index contributed by atoms with van der Waals surface area (Å²) in [5.74, 6) is 2.26. The number of carbonyl (C=O) groups excluding carboxylic acids is 1. The summed E-state index contributed by atoms with van der Waals surface area (Å²) in [6.07, 6.45) is 3.56. The van der Waals surface area contributed by atoms with Crippen LogP contribution in [0.3, 0.4) is 0 Å². The highest BCUT2D eigenvalue weighted by Crippen LogP contribution is 2.29. The van der Waals surface area contributed by atoms with E-state index in [1.807, 2.05) is 6.07 Å². The average molecular weight is 351 g/mol. The van der Waals surface area contributed by atoms with E-state index >= 15 is 0 Å². The third-order valence-electron chi connectivity index (χ3n) is 4.82. The van der Waals surface area contributed by atoms with Crippen molar-refractivity contribution >= 4 is 23.2 Å². The Bertz CT molecular complexity index is 541. The van der Waals surface area contributed by atoms with Gasteiger partial charge in [0.15, 0.2) is 5.96 Å². The van der Waals surface area contributed by atoms with Crippen LogP contribution in [0, 0.1) is 11.8 Å². The topological polar surface area (TPSA) is 56.7 Å². The largest absolute Gasteiger partial charge is 0.354 e. The molecule has 1 heterocycles. The Balaban J connectivity index is 1.95. The molecule has 0 saturated heterocycles. The van der Waals surface area contributed by atoms with Crippen LogP contribution in [0.1, 0.15) is 38.0 Å². The lowest BCUT2D eigenvalue weighted by Crippen LogP contribution is -2.46. The molecule has 1 amide bonds. The van der Waals surface area contributed by atoms with Crippen molar-refractivity contribution in [2.24, 2.45) is 16.8 Å². The van der Waals surface area contributed by atoms with Crippen LogP contribution in [0.2, 0.25) is 0 Å². The zero-order valence-corrected chi connectivity index (χ0v) is 16.0. The molecular weight excluding hydrogens is 320 g/mol. The highest BCUT2D eigenvalue weighted by Gasteiger charge is 2.25. The summed E-state index contributed by atoms with van der Waals surface area (Å²) < 4.78 is 0. The smallest absolute Gasteiger partial charge is 0.243 e. The van der Waals surface area contributed by atoms with E-state index in [-0.39, 0.29) is 12.5 Å². The van der Waals surface area contributed by atoms with Crippen LogP contribution < -0.4 is 10.6 Å². The molecule has 1 aliphatic carbocycles. The molecule has 0 aromatic carbocycles. The highest BCUT2D eigenvalue weighted by molar-refractivity contribution is 7.09. The molecule has 6 heteroatoms. The Kier molecular flexibility index (Phi) is 7.09. The van der Waals surface area contributed by atoms with Crippen molar-refractivity contribution in [3.8, 4) is 0 Å². The fraction of sp³-hybridized carbons (Fsp3) is 0.667. The lowest BCUT2D eigenvalue weighted by Gasteiger charge is -2.33. The summed E-state index contributed by atoms with van der Waals surface area (Å²) in [5.41, 5.74) is 0. The monoisotopic (exact) mass is 350 g/mol. The maximum absolute atomic E-state index is 11.8. The summed E-state index contributed by atoms with van der Waals surface area (Å²) in [6, 6.07) is 4.58. The van der Waals surface area contributed by atoms with E-state index in [9.17, 15) is 4.79 Å². The second kappa shape index (κ2) is 9.06. The molecule has 1 saturated carbocycles. The zero-order valence-electron chi connectivity index (χ0n) is 15.2. The molecule has 0 radical (unpaired) electrons. The highest BCUT2D eigenvalue weighted by atomic mass is 32.1. The third kappa shape index (κ3) is 5.82. The molecule has 1 fully saturated rings. The van der Waals surface area contributed by atoms with Gasteiger partial charge in [0.2, 0.25) is 5.91 Å². The van der Waals surface area contributed by atoms with Gasteiger partial charge in [-0.15, -0.1) is 11.3 Å². The van der Waals surface area contributed by atoms with Crippen molar-refractivity contribution < 1.29 is 4.79 Å². The number of likely N-dealkylation sites (N-methyl/N-ethyl adjacent to an activating group) is 1. The average Bonchev–Trinajstić information content (AvgIpc) is 3.06. The van der Waals surface area contributed by atoms with Crippen LogP contribution >= 0.6 is 11.3 Å². The zero-order chi connectivity index (χ0) is 17.5. The summed E-state index contributed by atoms with van der Waals surface area (Å²) >= 11 is 1.72. The number of thiophene rings is 1. The van der Waals surface area contributed by atoms with E-state index in [0.717, 1.165) is 37.2 Å². The predicted molar refractivity (Wildman–Crippen MR) is 101 cm³/mol. The van der Waals surface area contributed by atoms with Gasteiger partial charge in [0.1, 0.15) is 6.54 Å². The van der Waals surface area contributed by atoms with E-state index in [1.54, 1.807) is 30.3 Å². The van der Waals surface area contributed by atoms with Crippen molar-refractivity contribution in [3.63, 3.8) is 0 Å². The maximum atomic E-state index is 11.8. The van der Waals surface area contributed by atoms with Gasteiger partial charge in [0.25, 0.3) is 0 Å². The van der Waals surface area contributed by atoms with E-state index in [1.165, 1.54) is 11.3 Å². The standard InChI is InChI=1S/C18H30N4OS/c1-13-7-8-15(10-14(13)2)21-18(20-12-17(23)22(3)4)19-11-16-6-5-9-24-16/h5-6,9,13-15H,7-8,10-12H2,1-4H3,(H2,19,20,21). The Morgan fingerprint density at radius 3 is 2.75 bits per heavy atom. The number of guanidine groups is 1. The predicted octanol–water partition coefficient (Wildman–Crippen LogP) is 2.70. The second-order valence-corrected chi connectivity index (χ2v) is 8.03. The molecule has 1 aliphatic rings. The molecule has 2 rings (SSSR count). The molecule has 0 spiro atoms. The maximum Gasteiger partial charge on any atom is 0.243 e. The first kappa shape index (κ1) is 18.8. The van der Waals surface area contributed by atoms with Gasteiger partial charge >= 0.3 is 0 Å². The number of hydrogen-bond acceptors (Lipinski definition) is 3. The van der Waals surface area contributed by atoms with Crippen LogP contribution in [0.25, 0.3) is 0 Å². The van der Waals surface area contributed by atoms with Gasteiger partial charge in [-0.05, 0) is 42.5 Å². The SMILES string of the molecule is CC1CCC(NC(=NCC(=O)N(C)C)NCc2cccs2)CC1C. The van der Waals surface area contributed by atoms with E-state index < -0.39 is 0 Å². The minimum Gasteiger partial charge on any atom is -0.354 e. The molecule has 1 aromatic rings. The number of carbonyl (C=O) groups is 1. The number of amides is 1.